The summed E-state index contributed by atoms with van der Waals surface area (Å²) < 4.78 is 38.9. The summed E-state index contributed by atoms with van der Waals surface area (Å²) in [6, 6.07) is 18.7. The summed E-state index contributed by atoms with van der Waals surface area (Å²) in [5, 5.41) is 2.74. The highest BCUT2D eigenvalue weighted by Crippen LogP contribution is 2.29. The summed E-state index contributed by atoms with van der Waals surface area (Å²) in [6.07, 6.45) is 0. The number of benzene rings is 3. The molecule has 168 valence electrons. The molecule has 0 aromatic heterocycles. The average Bonchev–Trinajstić information content (AvgIpc) is 2.79. The molecule has 0 saturated heterocycles. The fourth-order valence-electron chi connectivity index (χ4n) is 3.24. The molecule has 0 unspecified atom stereocenters. The smallest absolute Gasteiger partial charge is 0.265 e. The molecule has 1 amide bonds. The Morgan fingerprint density at radius 2 is 1.62 bits per heavy atom. The van der Waals surface area contributed by atoms with Crippen LogP contribution in [0.2, 0.25) is 0 Å². The lowest BCUT2D eigenvalue weighted by molar-refractivity contribution is -0.114. The third kappa shape index (κ3) is 5.03. The molecule has 0 heterocycles. The number of hydrogen-bond donors (Lipinski definition) is 1. The zero-order valence-electron chi connectivity index (χ0n) is 18.5. The minimum Gasteiger partial charge on any atom is -0.497 e. The van der Waals surface area contributed by atoms with Crippen LogP contribution >= 0.6 is 0 Å². The Kier molecular flexibility index (Phi) is 7.05. The largest absolute Gasteiger partial charge is 0.497 e. The van der Waals surface area contributed by atoms with Gasteiger partial charge in [-0.15, -0.1) is 0 Å². The minimum absolute atomic E-state index is 0.151. The maximum absolute atomic E-state index is 13.7. The second kappa shape index (κ2) is 9.74. The molecule has 0 aliphatic heterocycles. The van der Waals surface area contributed by atoms with Gasteiger partial charge in [0.25, 0.3) is 10.0 Å². The Hall–Kier alpha value is -3.52. The molecule has 0 saturated carbocycles. The number of nitrogens with zero attached hydrogens (tertiary/aromatic N) is 1. The van der Waals surface area contributed by atoms with Gasteiger partial charge in [0.05, 0.1) is 30.5 Å². The van der Waals surface area contributed by atoms with Gasteiger partial charge in [0.1, 0.15) is 18.0 Å². The Bertz CT molecular complexity index is 1210. The lowest BCUT2D eigenvalue weighted by Gasteiger charge is -2.25. The summed E-state index contributed by atoms with van der Waals surface area (Å²) in [4.78, 5) is 13.1. The van der Waals surface area contributed by atoms with Gasteiger partial charge in [-0.05, 0) is 67.4 Å². The van der Waals surface area contributed by atoms with Gasteiger partial charge in [-0.1, -0.05) is 24.3 Å². The molecule has 3 rings (SSSR count). The molecular weight excluding hydrogens is 428 g/mol. The van der Waals surface area contributed by atoms with Gasteiger partial charge in [-0.3, -0.25) is 9.10 Å². The van der Waals surface area contributed by atoms with E-state index in [4.69, 9.17) is 9.47 Å². The van der Waals surface area contributed by atoms with E-state index >= 15 is 0 Å². The number of aryl methyl sites for hydroxylation is 2. The molecule has 8 heteroatoms. The number of sulfonamides is 1. The van der Waals surface area contributed by atoms with Crippen molar-refractivity contribution in [2.45, 2.75) is 18.7 Å². The maximum atomic E-state index is 13.7. The van der Waals surface area contributed by atoms with Crippen LogP contribution < -0.4 is 19.1 Å². The van der Waals surface area contributed by atoms with Crippen LogP contribution in [0.4, 0.5) is 11.4 Å². The van der Waals surface area contributed by atoms with E-state index in [1.165, 1.54) is 14.2 Å². The van der Waals surface area contributed by atoms with Gasteiger partial charge in [0.2, 0.25) is 5.91 Å². The van der Waals surface area contributed by atoms with E-state index in [0.717, 1.165) is 9.87 Å². The minimum atomic E-state index is -4.03. The zero-order chi connectivity index (χ0) is 23.3. The van der Waals surface area contributed by atoms with E-state index in [0.29, 0.717) is 28.4 Å². The van der Waals surface area contributed by atoms with Crippen molar-refractivity contribution in [1.29, 1.82) is 0 Å². The van der Waals surface area contributed by atoms with Crippen LogP contribution in [0.3, 0.4) is 0 Å². The SMILES string of the molecule is COc1ccc(N(CC(=O)Nc2ccccc2OC)S(=O)(=O)c2cc(C)ccc2C)cc1. The van der Waals surface area contributed by atoms with Crippen molar-refractivity contribution >= 4 is 27.3 Å². The van der Waals surface area contributed by atoms with Gasteiger partial charge in [-0.25, -0.2) is 8.42 Å². The summed E-state index contributed by atoms with van der Waals surface area (Å²) in [7, 11) is -1.00. The van der Waals surface area contributed by atoms with Crippen LogP contribution in [-0.2, 0) is 14.8 Å². The molecule has 3 aromatic rings. The Morgan fingerprint density at radius 1 is 0.938 bits per heavy atom. The molecule has 0 atom stereocenters. The predicted octanol–water partition coefficient (Wildman–Crippen LogP) is 4.15. The van der Waals surface area contributed by atoms with Gasteiger partial charge in [0, 0.05) is 0 Å². The van der Waals surface area contributed by atoms with Crippen LogP contribution in [-0.4, -0.2) is 35.1 Å². The lowest BCUT2D eigenvalue weighted by atomic mass is 10.2. The molecule has 0 bridgehead atoms. The number of anilines is 2. The molecule has 0 spiro atoms. The van der Waals surface area contributed by atoms with E-state index in [9.17, 15) is 13.2 Å². The highest BCUT2D eigenvalue weighted by Gasteiger charge is 2.29. The van der Waals surface area contributed by atoms with Crippen molar-refractivity contribution < 1.29 is 22.7 Å². The summed E-state index contributed by atoms with van der Waals surface area (Å²) in [5.74, 6) is 0.560. The fourth-order valence-corrected chi connectivity index (χ4v) is 4.97. The standard InChI is InChI=1S/C24H26N2O5S/c1-17-9-10-18(2)23(15-17)32(28,29)26(19-11-13-20(30-3)14-12-19)16-24(27)25-21-7-5-6-8-22(21)31-4/h5-15H,16H2,1-4H3,(H,25,27). The van der Waals surface area contributed by atoms with Crippen LogP contribution in [0, 0.1) is 13.8 Å². The van der Waals surface area contributed by atoms with Crippen molar-refractivity contribution in [2.75, 3.05) is 30.4 Å². The van der Waals surface area contributed by atoms with Crippen LogP contribution in [0.5, 0.6) is 11.5 Å². The summed E-state index contributed by atoms with van der Waals surface area (Å²) >= 11 is 0. The molecular formula is C24H26N2O5S. The Balaban J connectivity index is 2.00. The number of amides is 1. The van der Waals surface area contributed by atoms with Gasteiger partial charge >= 0.3 is 0 Å². The first kappa shape index (κ1) is 23.1. The number of ether oxygens (including phenoxy) is 2. The highest BCUT2D eigenvalue weighted by atomic mass is 32.2. The first-order valence-electron chi connectivity index (χ1n) is 9.93. The molecule has 0 fully saturated rings. The maximum Gasteiger partial charge on any atom is 0.265 e. The van der Waals surface area contributed by atoms with Gasteiger partial charge < -0.3 is 14.8 Å². The van der Waals surface area contributed by atoms with Crippen molar-refractivity contribution in [3.63, 3.8) is 0 Å². The lowest BCUT2D eigenvalue weighted by Crippen LogP contribution is -2.38. The number of carbonyl (C=O) groups excluding carboxylic acids is 1. The monoisotopic (exact) mass is 454 g/mol. The summed E-state index contributed by atoms with van der Waals surface area (Å²) in [6.45, 7) is 3.14. The number of hydrogen-bond acceptors (Lipinski definition) is 5. The number of rotatable bonds is 8. The molecule has 0 aliphatic rings. The number of carbonyl (C=O) groups is 1. The van der Waals surface area contributed by atoms with Crippen molar-refractivity contribution in [1.82, 2.24) is 0 Å². The Labute approximate surface area is 188 Å². The topological polar surface area (TPSA) is 84.9 Å². The quantitative estimate of drug-likeness (QED) is 0.553. The van der Waals surface area contributed by atoms with Crippen LogP contribution in [0.1, 0.15) is 11.1 Å². The highest BCUT2D eigenvalue weighted by molar-refractivity contribution is 7.93. The van der Waals surface area contributed by atoms with Crippen LogP contribution in [0.25, 0.3) is 0 Å². The molecule has 1 N–H and O–H groups in total. The Morgan fingerprint density at radius 3 is 2.28 bits per heavy atom. The third-order valence-corrected chi connectivity index (χ3v) is 6.86. The normalized spacial score (nSPS) is 11.0. The number of para-hydroxylation sites is 2. The summed E-state index contributed by atoms with van der Waals surface area (Å²) in [5.41, 5.74) is 2.21. The van der Waals surface area contributed by atoms with Gasteiger partial charge in [0.15, 0.2) is 0 Å². The molecule has 0 radical (unpaired) electrons. The second-order valence-electron chi connectivity index (χ2n) is 7.23. The molecule has 3 aromatic carbocycles. The van der Waals surface area contributed by atoms with E-state index in [2.05, 4.69) is 5.32 Å². The third-order valence-electron chi connectivity index (χ3n) is 4.94. The first-order valence-corrected chi connectivity index (χ1v) is 11.4. The molecule has 32 heavy (non-hydrogen) atoms. The molecule has 7 nitrogen and oxygen atoms in total. The van der Waals surface area contributed by atoms with Crippen molar-refractivity contribution in [2.24, 2.45) is 0 Å². The average molecular weight is 455 g/mol. The van der Waals surface area contributed by atoms with E-state index in [-0.39, 0.29) is 4.90 Å². The first-order chi connectivity index (χ1) is 15.3. The second-order valence-corrected chi connectivity index (χ2v) is 9.06. The van der Waals surface area contributed by atoms with E-state index in [1.54, 1.807) is 67.6 Å². The predicted molar refractivity (Wildman–Crippen MR) is 125 cm³/mol. The van der Waals surface area contributed by atoms with E-state index < -0.39 is 22.5 Å². The van der Waals surface area contributed by atoms with E-state index in [1.807, 2.05) is 13.0 Å². The number of nitrogens with one attached hydrogen (secondary N) is 1. The van der Waals surface area contributed by atoms with Crippen molar-refractivity contribution in [3.8, 4) is 11.5 Å². The van der Waals surface area contributed by atoms with Crippen molar-refractivity contribution in [3.05, 3.63) is 77.9 Å². The fraction of sp³-hybridized carbons (Fsp3) is 0.208. The number of methoxy groups -OCH3 is 2. The molecule has 0 aliphatic carbocycles. The van der Waals surface area contributed by atoms with Crippen LogP contribution in [0.15, 0.2) is 71.6 Å². The van der Waals surface area contributed by atoms with Gasteiger partial charge in [-0.2, -0.15) is 0 Å². The zero-order valence-corrected chi connectivity index (χ0v) is 19.3.